The van der Waals surface area contributed by atoms with Crippen molar-refractivity contribution in [2.24, 2.45) is 0 Å². The van der Waals surface area contributed by atoms with Crippen molar-refractivity contribution in [2.75, 3.05) is 33.4 Å². The molecule has 0 aliphatic rings. The average molecular weight is 255 g/mol. The predicted molar refractivity (Wildman–Crippen MR) is 70.0 cm³/mol. The highest BCUT2D eigenvalue weighted by Crippen LogP contribution is 2.07. The summed E-state index contributed by atoms with van der Waals surface area (Å²) in [5.74, 6) is -0.196. The lowest BCUT2D eigenvalue weighted by molar-refractivity contribution is 0.114. The largest absolute Gasteiger partial charge is 0.383 e. The van der Waals surface area contributed by atoms with Crippen LogP contribution in [0.4, 0.5) is 4.39 Å². The molecule has 0 atom stereocenters. The molecule has 18 heavy (non-hydrogen) atoms. The Hall–Kier alpha value is -0.970. The van der Waals surface area contributed by atoms with Crippen LogP contribution in [0.2, 0.25) is 0 Å². The third kappa shape index (κ3) is 6.69. The summed E-state index contributed by atoms with van der Waals surface area (Å²) in [6, 6.07) is 6.71. The Kier molecular flexibility index (Phi) is 8.38. The highest BCUT2D eigenvalue weighted by Gasteiger charge is 1.99. The minimum atomic E-state index is -0.196. The lowest BCUT2D eigenvalue weighted by atomic mass is 10.2. The molecule has 0 saturated heterocycles. The summed E-state index contributed by atoms with van der Waals surface area (Å²) in [5.41, 5.74) is 0.621. The van der Waals surface area contributed by atoms with Gasteiger partial charge in [0.25, 0.3) is 0 Å². The third-order valence-corrected chi connectivity index (χ3v) is 2.59. The molecule has 3 nitrogen and oxygen atoms in total. The zero-order chi connectivity index (χ0) is 13.1. The van der Waals surface area contributed by atoms with E-state index >= 15 is 0 Å². The maximum atomic E-state index is 13.2. The average Bonchev–Trinajstić information content (AvgIpc) is 2.39. The number of nitrogens with one attached hydrogen (secondary N) is 1. The number of halogens is 1. The molecule has 0 saturated carbocycles. The summed E-state index contributed by atoms with van der Waals surface area (Å²) in [5, 5.41) is 3.26. The van der Waals surface area contributed by atoms with Gasteiger partial charge >= 0.3 is 0 Å². The van der Waals surface area contributed by atoms with Crippen molar-refractivity contribution in [3.8, 4) is 0 Å². The van der Waals surface area contributed by atoms with E-state index in [1.54, 1.807) is 19.2 Å². The summed E-state index contributed by atoms with van der Waals surface area (Å²) < 4.78 is 23.6. The van der Waals surface area contributed by atoms with Crippen LogP contribution in [-0.2, 0) is 16.1 Å². The first-order chi connectivity index (χ1) is 8.84. The summed E-state index contributed by atoms with van der Waals surface area (Å²) in [6.45, 7) is 3.60. The molecule has 0 aliphatic carbocycles. The standard InChI is InChI=1S/C14H22FNO2/c1-17-11-9-16-8-4-5-10-18-12-13-6-2-3-7-14(13)15/h2-3,6-7,16H,4-5,8-12H2,1H3. The van der Waals surface area contributed by atoms with Crippen molar-refractivity contribution < 1.29 is 13.9 Å². The Balaban J connectivity index is 1.94. The summed E-state index contributed by atoms with van der Waals surface area (Å²) in [4.78, 5) is 0. The van der Waals surface area contributed by atoms with Gasteiger partial charge in [0.15, 0.2) is 0 Å². The van der Waals surface area contributed by atoms with Crippen molar-refractivity contribution in [2.45, 2.75) is 19.4 Å². The maximum Gasteiger partial charge on any atom is 0.128 e. The number of hydrogen-bond donors (Lipinski definition) is 1. The van der Waals surface area contributed by atoms with E-state index in [-0.39, 0.29) is 5.82 Å². The van der Waals surface area contributed by atoms with E-state index in [0.717, 1.165) is 32.5 Å². The van der Waals surface area contributed by atoms with Gasteiger partial charge in [0, 0.05) is 25.8 Å². The Morgan fingerprint density at radius 1 is 1.11 bits per heavy atom. The van der Waals surface area contributed by atoms with Gasteiger partial charge in [-0.3, -0.25) is 0 Å². The first-order valence-corrected chi connectivity index (χ1v) is 6.35. The minimum absolute atomic E-state index is 0.196. The summed E-state index contributed by atoms with van der Waals surface area (Å²) in [7, 11) is 1.69. The molecule has 1 aromatic rings. The van der Waals surface area contributed by atoms with Gasteiger partial charge in [-0.2, -0.15) is 0 Å². The first kappa shape index (κ1) is 15.1. The van der Waals surface area contributed by atoms with Crippen molar-refractivity contribution >= 4 is 0 Å². The number of methoxy groups -OCH3 is 1. The van der Waals surface area contributed by atoms with Crippen LogP contribution in [0.3, 0.4) is 0 Å². The van der Waals surface area contributed by atoms with E-state index in [9.17, 15) is 4.39 Å². The van der Waals surface area contributed by atoms with Crippen LogP contribution < -0.4 is 5.32 Å². The molecule has 4 heteroatoms. The van der Waals surface area contributed by atoms with Crippen LogP contribution in [0.5, 0.6) is 0 Å². The van der Waals surface area contributed by atoms with E-state index in [4.69, 9.17) is 9.47 Å². The van der Waals surface area contributed by atoms with Crippen molar-refractivity contribution in [3.63, 3.8) is 0 Å². The molecule has 0 fully saturated rings. The Bertz CT molecular complexity index is 320. The van der Waals surface area contributed by atoms with Gasteiger partial charge in [0.05, 0.1) is 13.2 Å². The van der Waals surface area contributed by atoms with Crippen molar-refractivity contribution in [1.29, 1.82) is 0 Å². The molecule has 0 aromatic heterocycles. The molecule has 0 aliphatic heterocycles. The lowest BCUT2D eigenvalue weighted by Crippen LogP contribution is -2.20. The molecule has 1 N–H and O–H groups in total. The van der Waals surface area contributed by atoms with Crippen molar-refractivity contribution in [3.05, 3.63) is 35.6 Å². The van der Waals surface area contributed by atoms with Gasteiger partial charge in [-0.05, 0) is 25.5 Å². The van der Waals surface area contributed by atoms with Crippen LogP contribution in [0.15, 0.2) is 24.3 Å². The van der Waals surface area contributed by atoms with Crippen LogP contribution in [0.25, 0.3) is 0 Å². The molecule has 102 valence electrons. The quantitative estimate of drug-likeness (QED) is 0.651. The van der Waals surface area contributed by atoms with E-state index in [1.807, 2.05) is 6.07 Å². The normalized spacial score (nSPS) is 10.8. The molecular formula is C14H22FNO2. The van der Waals surface area contributed by atoms with Gasteiger partial charge in [0.2, 0.25) is 0 Å². The SMILES string of the molecule is COCCNCCCCOCc1ccccc1F. The van der Waals surface area contributed by atoms with Crippen LogP contribution in [0, 0.1) is 5.82 Å². The van der Waals surface area contributed by atoms with Gasteiger partial charge < -0.3 is 14.8 Å². The fourth-order valence-corrected chi connectivity index (χ4v) is 1.55. The van der Waals surface area contributed by atoms with Crippen LogP contribution in [0.1, 0.15) is 18.4 Å². The molecule has 0 heterocycles. The molecular weight excluding hydrogens is 233 g/mol. The van der Waals surface area contributed by atoms with Gasteiger partial charge in [0.1, 0.15) is 5.82 Å². The van der Waals surface area contributed by atoms with E-state index < -0.39 is 0 Å². The number of hydrogen-bond acceptors (Lipinski definition) is 3. The monoisotopic (exact) mass is 255 g/mol. The number of ether oxygens (including phenoxy) is 2. The van der Waals surface area contributed by atoms with Gasteiger partial charge in [-0.25, -0.2) is 4.39 Å². The zero-order valence-electron chi connectivity index (χ0n) is 11.0. The smallest absolute Gasteiger partial charge is 0.128 e. The van der Waals surface area contributed by atoms with E-state index in [2.05, 4.69) is 5.32 Å². The Morgan fingerprint density at radius 3 is 2.72 bits per heavy atom. The maximum absolute atomic E-state index is 13.2. The predicted octanol–water partition coefficient (Wildman–Crippen LogP) is 2.36. The van der Waals surface area contributed by atoms with Crippen LogP contribution in [-0.4, -0.2) is 33.4 Å². The fourth-order valence-electron chi connectivity index (χ4n) is 1.55. The third-order valence-electron chi connectivity index (χ3n) is 2.59. The highest BCUT2D eigenvalue weighted by atomic mass is 19.1. The number of rotatable bonds is 10. The second-order valence-corrected chi connectivity index (χ2v) is 4.09. The van der Waals surface area contributed by atoms with Gasteiger partial charge in [-0.15, -0.1) is 0 Å². The molecule has 1 rings (SSSR count). The molecule has 0 radical (unpaired) electrons. The number of benzene rings is 1. The summed E-state index contributed by atoms with van der Waals surface area (Å²) in [6.07, 6.45) is 2.04. The second-order valence-electron chi connectivity index (χ2n) is 4.09. The Labute approximate surface area is 108 Å². The van der Waals surface area contributed by atoms with Crippen molar-refractivity contribution in [1.82, 2.24) is 5.32 Å². The number of unbranched alkanes of at least 4 members (excludes halogenated alkanes) is 1. The topological polar surface area (TPSA) is 30.5 Å². The van der Waals surface area contributed by atoms with E-state index in [1.165, 1.54) is 6.07 Å². The fraction of sp³-hybridized carbons (Fsp3) is 0.571. The highest BCUT2D eigenvalue weighted by molar-refractivity contribution is 5.16. The zero-order valence-corrected chi connectivity index (χ0v) is 11.0. The first-order valence-electron chi connectivity index (χ1n) is 6.35. The lowest BCUT2D eigenvalue weighted by Gasteiger charge is -2.06. The minimum Gasteiger partial charge on any atom is -0.383 e. The molecule has 0 amide bonds. The molecule has 1 aromatic carbocycles. The second kappa shape index (κ2) is 10.00. The molecule has 0 unspecified atom stereocenters. The Morgan fingerprint density at radius 2 is 1.94 bits per heavy atom. The molecule has 0 spiro atoms. The molecule has 0 bridgehead atoms. The summed E-state index contributed by atoms with van der Waals surface area (Å²) >= 11 is 0. The van der Waals surface area contributed by atoms with Crippen LogP contribution >= 0.6 is 0 Å². The van der Waals surface area contributed by atoms with E-state index in [0.29, 0.717) is 18.8 Å². The van der Waals surface area contributed by atoms with Gasteiger partial charge in [-0.1, -0.05) is 18.2 Å².